The molecule has 0 aliphatic rings. The van der Waals surface area contributed by atoms with Gasteiger partial charge in [-0.05, 0) is 53.6 Å². The van der Waals surface area contributed by atoms with Crippen LogP contribution in [-0.2, 0) is 9.59 Å². The van der Waals surface area contributed by atoms with Crippen molar-refractivity contribution in [3.8, 4) is 5.75 Å². The number of ether oxygens (including phenoxy) is 1. The number of rotatable bonds is 10. The van der Waals surface area contributed by atoms with Crippen molar-refractivity contribution in [3.05, 3.63) is 119 Å². The topological polar surface area (TPSA) is 117 Å². The van der Waals surface area contributed by atoms with Gasteiger partial charge in [0.1, 0.15) is 11.4 Å². The number of allylic oxidation sites excluding steroid dienone is 2. The van der Waals surface area contributed by atoms with Crippen molar-refractivity contribution in [1.82, 2.24) is 10.7 Å². The van der Waals surface area contributed by atoms with E-state index in [-0.39, 0.29) is 5.70 Å². The maximum absolute atomic E-state index is 12.7. The van der Waals surface area contributed by atoms with Gasteiger partial charge in [-0.3, -0.25) is 9.59 Å². The first kappa shape index (κ1) is 24.7. The van der Waals surface area contributed by atoms with E-state index in [4.69, 9.17) is 9.84 Å². The Morgan fingerprint density at radius 3 is 2.17 bits per heavy atom. The highest BCUT2D eigenvalue weighted by Crippen LogP contribution is 2.11. The summed E-state index contributed by atoms with van der Waals surface area (Å²) >= 11 is 0. The average Bonchev–Trinajstić information content (AvgIpc) is 2.88. The van der Waals surface area contributed by atoms with Gasteiger partial charge in [-0.1, -0.05) is 60.7 Å². The number of nitrogens with zero attached hydrogens (tertiary/aromatic N) is 1. The second-order valence-electron chi connectivity index (χ2n) is 7.12. The predicted octanol–water partition coefficient (Wildman–Crippen LogP) is 3.63. The Labute approximate surface area is 202 Å². The number of carboxylic acid groups (broad SMARTS) is 1. The van der Waals surface area contributed by atoms with Crippen LogP contribution >= 0.6 is 0 Å². The van der Waals surface area contributed by atoms with Gasteiger partial charge in [-0.15, -0.1) is 0 Å². The fraction of sp³-hybridized carbons (Fsp3) is 0.0370. The summed E-state index contributed by atoms with van der Waals surface area (Å²) < 4.78 is 5.07. The van der Waals surface area contributed by atoms with Gasteiger partial charge in [0.2, 0.25) is 0 Å². The molecule has 8 nitrogen and oxygen atoms in total. The second kappa shape index (κ2) is 12.9. The Kier molecular flexibility index (Phi) is 9.09. The molecule has 0 saturated carbocycles. The number of hydrogen-bond acceptors (Lipinski definition) is 5. The van der Waals surface area contributed by atoms with Gasteiger partial charge in [0, 0.05) is 5.56 Å². The number of carbonyl (C=O) groups excluding carboxylic acids is 2. The third-order valence-corrected chi connectivity index (χ3v) is 4.50. The van der Waals surface area contributed by atoms with Crippen LogP contribution in [0.15, 0.2) is 108 Å². The van der Waals surface area contributed by atoms with E-state index in [1.807, 2.05) is 30.3 Å². The molecule has 8 heteroatoms. The molecular weight excluding hydrogens is 446 g/mol. The average molecular weight is 469 g/mol. The Hall–Kier alpha value is -4.98. The van der Waals surface area contributed by atoms with Gasteiger partial charge in [-0.25, -0.2) is 10.2 Å². The number of carbonyl (C=O) groups is 3. The molecule has 0 spiro atoms. The Morgan fingerprint density at radius 1 is 0.857 bits per heavy atom. The largest absolute Gasteiger partial charge is 0.482 e. The van der Waals surface area contributed by atoms with E-state index in [0.29, 0.717) is 16.9 Å². The molecule has 3 N–H and O–H groups in total. The van der Waals surface area contributed by atoms with Gasteiger partial charge in [-0.2, -0.15) is 5.10 Å². The van der Waals surface area contributed by atoms with Crippen LogP contribution < -0.4 is 15.5 Å². The van der Waals surface area contributed by atoms with Gasteiger partial charge in [0.25, 0.3) is 11.8 Å². The molecule has 3 aromatic rings. The highest BCUT2D eigenvalue weighted by atomic mass is 16.5. The molecule has 0 bridgehead atoms. The van der Waals surface area contributed by atoms with E-state index < -0.39 is 24.4 Å². The van der Waals surface area contributed by atoms with E-state index in [1.165, 1.54) is 12.3 Å². The van der Waals surface area contributed by atoms with Crippen LogP contribution in [0.2, 0.25) is 0 Å². The van der Waals surface area contributed by atoms with Crippen LogP contribution in [0.3, 0.4) is 0 Å². The maximum Gasteiger partial charge on any atom is 0.341 e. The number of carboxylic acids is 1. The third-order valence-electron chi connectivity index (χ3n) is 4.50. The summed E-state index contributed by atoms with van der Waals surface area (Å²) in [5.74, 6) is -1.71. The Balaban J connectivity index is 1.68. The third kappa shape index (κ3) is 8.47. The van der Waals surface area contributed by atoms with Crippen molar-refractivity contribution in [1.29, 1.82) is 0 Å². The molecule has 0 aliphatic carbocycles. The summed E-state index contributed by atoms with van der Waals surface area (Å²) in [6.45, 7) is -0.438. The minimum atomic E-state index is -1.07. The molecule has 0 unspecified atom stereocenters. The van der Waals surface area contributed by atoms with Crippen molar-refractivity contribution in [2.45, 2.75) is 0 Å². The summed E-state index contributed by atoms with van der Waals surface area (Å²) in [5.41, 5.74) is 4.41. The molecule has 176 valence electrons. The van der Waals surface area contributed by atoms with Gasteiger partial charge in [0.15, 0.2) is 6.61 Å². The lowest BCUT2D eigenvalue weighted by molar-refractivity contribution is -0.139. The van der Waals surface area contributed by atoms with E-state index in [9.17, 15) is 14.4 Å². The van der Waals surface area contributed by atoms with Crippen molar-refractivity contribution in [3.63, 3.8) is 0 Å². The van der Waals surface area contributed by atoms with Crippen molar-refractivity contribution in [2.75, 3.05) is 6.61 Å². The summed E-state index contributed by atoms with van der Waals surface area (Å²) in [6.07, 6.45) is 6.37. The Bertz CT molecular complexity index is 1230. The highest BCUT2D eigenvalue weighted by molar-refractivity contribution is 6.03. The van der Waals surface area contributed by atoms with Gasteiger partial charge >= 0.3 is 5.97 Å². The van der Waals surface area contributed by atoms with Crippen LogP contribution in [0.1, 0.15) is 21.5 Å². The lowest BCUT2D eigenvalue weighted by Crippen LogP contribution is -2.32. The molecular formula is C27H23N3O5. The predicted molar refractivity (Wildman–Crippen MR) is 133 cm³/mol. The van der Waals surface area contributed by atoms with Gasteiger partial charge < -0.3 is 15.2 Å². The minimum Gasteiger partial charge on any atom is -0.482 e. The monoisotopic (exact) mass is 469 g/mol. The van der Waals surface area contributed by atoms with Crippen LogP contribution in [0.5, 0.6) is 5.75 Å². The zero-order chi connectivity index (χ0) is 24.9. The van der Waals surface area contributed by atoms with Gasteiger partial charge in [0.05, 0.1) is 6.21 Å². The van der Waals surface area contributed by atoms with E-state index in [1.54, 1.807) is 66.7 Å². The van der Waals surface area contributed by atoms with E-state index in [0.717, 1.165) is 5.56 Å². The lowest BCUT2D eigenvalue weighted by atomic mass is 10.2. The number of benzene rings is 3. The molecule has 0 radical (unpaired) electrons. The number of hydrogen-bond donors (Lipinski definition) is 3. The number of aliphatic carboxylic acids is 1. The molecule has 0 aliphatic heterocycles. The maximum atomic E-state index is 12.7. The van der Waals surface area contributed by atoms with Crippen LogP contribution in [-0.4, -0.2) is 35.7 Å². The number of hydrazone groups is 1. The lowest BCUT2D eigenvalue weighted by Gasteiger charge is -2.08. The van der Waals surface area contributed by atoms with Crippen LogP contribution in [0, 0.1) is 0 Å². The SMILES string of the molecule is O=C(O)COc1ccc(/C=N\NC(=O)/C(=C/C=C/c2ccccc2)NC(=O)c2ccccc2)cc1. The quantitative estimate of drug-likeness (QED) is 0.181. The second-order valence-corrected chi connectivity index (χ2v) is 7.12. The highest BCUT2D eigenvalue weighted by Gasteiger charge is 2.13. The van der Waals surface area contributed by atoms with Crippen LogP contribution in [0.25, 0.3) is 6.08 Å². The number of amides is 2. The molecule has 0 fully saturated rings. The zero-order valence-corrected chi connectivity index (χ0v) is 18.6. The standard InChI is InChI=1S/C27H23N3O5/c31-25(32)19-35-23-16-14-21(15-17-23)18-28-30-27(34)24(13-7-10-20-8-3-1-4-9-20)29-26(33)22-11-5-2-6-12-22/h1-18H,19H2,(H,29,33)(H,30,34)(H,31,32)/b10-7+,24-13-,28-18-. The Morgan fingerprint density at radius 2 is 1.51 bits per heavy atom. The molecule has 0 heterocycles. The normalized spacial score (nSPS) is 11.4. The molecule has 0 aromatic heterocycles. The molecule has 3 rings (SSSR count). The zero-order valence-electron chi connectivity index (χ0n) is 18.6. The molecule has 2 amide bonds. The van der Waals surface area contributed by atoms with Crippen molar-refractivity contribution >= 4 is 30.1 Å². The van der Waals surface area contributed by atoms with Crippen LogP contribution in [0.4, 0.5) is 0 Å². The number of nitrogens with one attached hydrogen (secondary N) is 2. The summed E-state index contributed by atoms with van der Waals surface area (Å²) in [4.78, 5) is 35.9. The summed E-state index contributed by atoms with van der Waals surface area (Å²) in [6, 6.07) is 24.6. The molecule has 0 saturated heterocycles. The fourth-order valence-electron chi connectivity index (χ4n) is 2.80. The smallest absolute Gasteiger partial charge is 0.341 e. The summed E-state index contributed by atoms with van der Waals surface area (Å²) in [7, 11) is 0. The fourth-order valence-corrected chi connectivity index (χ4v) is 2.80. The minimum absolute atomic E-state index is 0.0144. The molecule has 35 heavy (non-hydrogen) atoms. The summed E-state index contributed by atoms with van der Waals surface area (Å²) in [5, 5.41) is 15.2. The first-order valence-corrected chi connectivity index (χ1v) is 10.6. The first-order chi connectivity index (χ1) is 17.0. The van der Waals surface area contributed by atoms with E-state index >= 15 is 0 Å². The van der Waals surface area contributed by atoms with Crippen molar-refractivity contribution < 1.29 is 24.2 Å². The van der Waals surface area contributed by atoms with E-state index in [2.05, 4.69) is 15.8 Å². The first-order valence-electron chi connectivity index (χ1n) is 10.6. The van der Waals surface area contributed by atoms with Crippen molar-refractivity contribution in [2.24, 2.45) is 5.10 Å². The molecule has 0 atom stereocenters. The molecule has 3 aromatic carbocycles.